The van der Waals surface area contributed by atoms with Gasteiger partial charge in [0.05, 0.1) is 5.03 Å². The van der Waals surface area contributed by atoms with Gasteiger partial charge in [0.15, 0.2) is 0 Å². The topological polar surface area (TPSA) is 17.1 Å². The van der Waals surface area contributed by atoms with Gasteiger partial charge in [0.1, 0.15) is 6.29 Å². The average Bonchev–Trinajstić information content (AvgIpc) is 2.18. The maximum atomic E-state index is 10.1. The smallest absolute Gasteiger partial charge is 0.144 e. The molecule has 0 saturated carbocycles. The van der Waals surface area contributed by atoms with Crippen molar-refractivity contribution in [1.82, 2.24) is 0 Å². The zero-order valence-corrected chi connectivity index (χ0v) is 7.58. The molecule has 1 aromatic rings. The predicted octanol–water partition coefficient (Wildman–Crippen LogP) is 2.45. The standard InChI is InChI=1S/C11H7ClO/c1-2-9-3-5-10(6-4-9)11(12)7-8-13/h1,3-8H/b11-7+. The van der Waals surface area contributed by atoms with Crippen molar-refractivity contribution in [2.24, 2.45) is 0 Å². The molecule has 0 fully saturated rings. The summed E-state index contributed by atoms with van der Waals surface area (Å²) in [7, 11) is 0. The molecule has 64 valence electrons. The second-order valence-electron chi connectivity index (χ2n) is 2.37. The quantitative estimate of drug-likeness (QED) is 0.398. The zero-order chi connectivity index (χ0) is 9.68. The van der Waals surface area contributed by atoms with E-state index in [0.717, 1.165) is 11.1 Å². The first-order valence-electron chi connectivity index (χ1n) is 3.66. The number of allylic oxidation sites excluding steroid dienone is 1. The van der Waals surface area contributed by atoms with Crippen molar-refractivity contribution < 1.29 is 4.79 Å². The predicted molar refractivity (Wildman–Crippen MR) is 54.3 cm³/mol. The Kier molecular flexibility index (Phi) is 3.31. The Morgan fingerprint density at radius 2 is 2.00 bits per heavy atom. The summed E-state index contributed by atoms with van der Waals surface area (Å²) in [4.78, 5) is 10.1. The number of halogens is 1. The van der Waals surface area contributed by atoms with Crippen LogP contribution >= 0.6 is 11.6 Å². The fourth-order valence-electron chi connectivity index (χ4n) is 0.882. The van der Waals surface area contributed by atoms with E-state index in [-0.39, 0.29) is 0 Å². The molecule has 0 saturated heterocycles. The monoisotopic (exact) mass is 190 g/mol. The van der Waals surface area contributed by atoms with Crippen molar-refractivity contribution in [2.45, 2.75) is 0 Å². The van der Waals surface area contributed by atoms with E-state index < -0.39 is 0 Å². The van der Waals surface area contributed by atoms with Crippen LogP contribution in [-0.4, -0.2) is 6.29 Å². The van der Waals surface area contributed by atoms with E-state index in [1.54, 1.807) is 24.3 Å². The van der Waals surface area contributed by atoms with Gasteiger partial charge in [-0.1, -0.05) is 29.7 Å². The van der Waals surface area contributed by atoms with E-state index in [1.165, 1.54) is 6.08 Å². The molecule has 0 bridgehead atoms. The van der Waals surface area contributed by atoms with Crippen molar-refractivity contribution in [1.29, 1.82) is 0 Å². The molecule has 0 atom stereocenters. The van der Waals surface area contributed by atoms with E-state index in [4.69, 9.17) is 18.0 Å². The molecule has 0 unspecified atom stereocenters. The number of aldehydes is 1. The molecule has 13 heavy (non-hydrogen) atoms. The zero-order valence-electron chi connectivity index (χ0n) is 6.83. The molecule has 0 spiro atoms. The first-order valence-corrected chi connectivity index (χ1v) is 4.03. The Hall–Kier alpha value is -1.52. The molecule has 1 rings (SSSR count). The van der Waals surface area contributed by atoms with Gasteiger partial charge in [-0.05, 0) is 23.8 Å². The van der Waals surface area contributed by atoms with Crippen molar-refractivity contribution in [3.63, 3.8) is 0 Å². The van der Waals surface area contributed by atoms with Crippen LogP contribution < -0.4 is 0 Å². The maximum Gasteiger partial charge on any atom is 0.144 e. The van der Waals surface area contributed by atoms with E-state index in [1.807, 2.05) is 0 Å². The summed E-state index contributed by atoms with van der Waals surface area (Å²) in [5.74, 6) is 2.49. The fraction of sp³-hybridized carbons (Fsp3) is 0. The van der Waals surface area contributed by atoms with E-state index >= 15 is 0 Å². The Morgan fingerprint density at radius 1 is 1.38 bits per heavy atom. The van der Waals surface area contributed by atoms with Crippen LogP contribution in [0.2, 0.25) is 0 Å². The molecule has 0 amide bonds. The summed E-state index contributed by atoms with van der Waals surface area (Å²) in [6.07, 6.45) is 7.13. The highest BCUT2D eigenvalue weighted by molar-refractivity contribution is 6.49. The number of carbonyl (C=O) groups is 1. The maximum absolute atomic E-state index is 10.1. The Morgan fingerprint density at radius 3 is 2.46 bits per heavy atom. The van der Waals surface area contributed by atoms with Crippen molar-refractivity contribution in [2.75, 3.05) is 0 Å². The SMILES string of the molecule is C#Cc1ccc(/C(Cl)=C\C=O)cc1. The minimum atomic E-state index is 0.415. The van der Waals surface area contributed by atoms with Crippen LogP contribution in [0.25, 0.3) is 5.03 Å². The van der Waals surface area contributed by atoms with Crippen LogP contribution in [0.5, 0.6) is 0 Å². The molecule has 1 aromatic carbocycles. The normalized spacial score (nSPS) is 10.6. The van der Waals surface area contributed by atoms with Crippen molar-refractivity contribution >= 4 is 22.9 Å². The highest BCUT2D eigenvalue weighted by Crippen LogP contribution is 2.18. The summed E-state index contributed by atoms with van der Waals surface area (Å²) in [6.45, 7) is 0. The van der Waals surface area contributed by atoms with Gasteiger partial charge in [-0.15, -0.1) is 6.42 Å². The highest BCUT2D eigenvalue weighted by atomic mass is 35.5. The number of hydrogen-bond donors (Lipinski definition) is 0. The Bertz CT molecular complexity index is 368. The van der Waals surface area contributed by atoms with Gasteiger partial charge >= 0.3 is 0 Å². The summed E-state index contributed by atoms with van der Waals surface area (Å²) in [5, 5.41) is 0.415. The second kappa shape index (κ2) is 4.49. The molecule has 1 nitrogen and oxygen atoms in total. The highest BCUT2D eigenvalue weighted by Gasteiger charge is 1.96. The van der Waals surface area contributed by atoms with Crippen molar-refractivity contribution in [3.05, 3.63) is 41.5 Å². The molecule has 0 aliphatic heterocycles. The lowest BCUT2D eigenvalue weighted by atomic mass is 10.1. The van der Waals surface area contributed by atoms with Crippen LogP contribution in [0.1, 0.15) is 11.1 Å². The average molecular weight is 191 g/mol. The van der Waals surface area contributed by atoms with E-state index in [9.17, 15) is 4.79 Å². The second-order valence-corrected chi connectivity index (χ2v) is 2.78. The van der Waals surface area contributed by atoms with E-state index in [2.05, 4.69) is 5.92 Å². The van der Waals surface area contributed by atoms with Gasteiger partial charge < -0.3 is 0 Å². The molecule has 2 heteroatoms. The molecule has 0 N–H and O–H groups in total. The third-order valence-electron chi connectivity index (χ3n) is 1.54. The van der Waals surface area contributed by atoms with Crippen LogP contribution in [0.15, 0.2) is 30.3 Å². The van der Waals surface area contributed by atoms with Crippen LogP contribution in [0.4, 0.5) is 0 Å². The Balaban J connectivity index is 3.00. The molecule has 0 aliphatic carbocycles. The van der Waals surface area contributed by atoms with Gasteiger partial charge in [0.2, 0.25) is 0 Å². The number of carbonyl (C=O) groups excluding carboxylic acids is 1. The summed E-state index contributed by atoms with van der Waals surface area (Å²) in [5.41, 5.74) is 1.58. The lowest BCUT2D eigenvalue weighted by Gasteiger charge is -1.97. The molecule has 0 aliphatic rings. The minimum Gasteiger partial charge on any atom is -0.299 e. The van der Waals surface area contributed by atoms with Crippen LogP contribution in [0.3, 0.4) is 0 Å². The number of terminal acetylenes is 1. The first kappa shape index (κ1) is 9.57. The third kappa shape index (κ3) is 2.47. The Labute approximate surface area is 82.0 Å². The summed E-state index contributed by atoms with van der Waals surface area (Å²) in [6, 6.07) is 7.10. The molecule has 0 aromatic heterocycles. The van der Waals surface area contributed by atoms with Gasteiger partial charge in [0, 0.05) is 5.56 Å². The molecule has 0 radical (unpaired) electrons. The third-order valence-corrected chi connectivity index (χ3v) is 1.89. The van der Waals surface area contributed by atoms with Gasteiger partial charge in [0.25, 0.3) is 0 Å². The lowest BCUT2D eigenvalue weighted by molar-refractivity contribution is -0.104. The number of rotatable bonds is 2. The van der Waals surface area contributed by atoms with Gasteiger partial charge in [-0.2, -0.15) is 0 Å². The van der Waals surface area contributed by atoms with E-state index in [0.29, 0.717) is 11.3 Å². The largest absolute Gasteiger partial charge is 0.299 e. The van der Waals surface area contributed by atoms with Gasteiger partial charge in [-0.3, -0.25) is 4.79 Å². The lowest BCUT2D eigenvalue weighted by Crippen LogP contribution is -1.79. The molecular formula is C11H7ClO. The number of benzene rings is 1. The minimum absolute atomic E-state index is 0.415. The van der Waals surface area contributed by atoms with Gasteiger partial charge in [-0.25, -0.2) is 0 Å². The first-order chi connectivity index (χ1) is 6.27. The summed E-state index contributed by atoms with van der Waals surface area (Å²) < 4.78 is 0. The number of hydrogen-bond acceptors (Lipinski definition) is 1. The molecular weight excluding hydrogens is 184 g/mol. The van der Waals surface area contributed by atoms with Crippen LogP contribution in [0, 0.1) is 12.3 Å². The van der Waals surface area contributed by atoms with Crippen LogP contribution in [-0.2, 0) is 4.79 Å². The summed E-state index contributed by atoms with van der Waals surface area (Å²) >= 11 is 5.78. The fourth-order valence-corrected chi connectivity index (χ4v) is 1.06. The van der Waals surface area contributed by atoms with Crippen molar-refractivity contribution in [3.8, 4) is 12.3 Å². The molecule has 0 heterocycles.